The highest BCUT2D eigenvalue weighted by atomic mass is 35.5. The van der Waals surface area contributed by atoms with Crippen molar-refractivity contribution in [1.29, 1.82) is 0 Å². The summed E-state index contributed by atoms with van der Waals surface area (Å²) in [5, 5.41) is 3.36. The summed E-state index contributed by atoms with van der Waals surface area (Å²) in [6, 6.07) is 11.7. The van der Waals surface area contributed by atoms with Gasteiger partial charge in [-0.05, 0) is 56.9 Å². The molecule has 2 amide bonds. The number of benzene rings is 2. The van der Waals surface area contributed by atoms with Crippen LogP contribution < -0.4 is 9.62 Å². The molecule has 0 aromatic heterocycles. The molecule has 0 aliphatic rings. The number of hydrogen-bond donors (Lipinski definition) is 1. The van der Waals surface area contributed by atoms with Gasteiger partial charge in [-0.15, -0.1) is 0 Å². The van der Waals surface area contributed by atoms with Crippen molar-refractivity contribution < 1.29 is 18.0 Å². The number of amides is 2. The summed E-state index contributed by atoms with van der Waals surface area (Å²) < 4.78 is 26.4. The van der Waals surface area contributed by atoms with E-state index in [4.69, 9.17) is 11.6 Å². The predicted molar refractivity (Wildman–Crippen MR) is 142 cm³/mol. The van der Waals surface area contributed by atoms with Gasteiger partial charge in [0.15, 0.2) is 0 Å². The molecule has 0 aliphatic heterocycles. The molecule has 0 saturated heterocycles. The van der Waals surface area contributed by atoms with Gasteiger partial charge in [0.2, 0.25) is 21.8 Å². The molecule has 0 unspecified atom stereocenters. The van der Waals surface area contributed by atoms with Crippen LogP contribution in [0.2, 0.25) is 5.02 Å². The maximum Gasteiger partial charge on any atom is 0.244 e. The highest BCUT2D eigenvalue weighted by Crippen LogP contribution is 2.25. The summed E-state index contributed by atoms with van der Waals surface area (Å²) in [6.07, 6.45) is 2.19. The highest BCUT2D eigenvalue weighted by molar-refractivity contribution is 7.92. The van der Waals surface area contributed by atoms with E-state index in [2.05, 4.69) is 5.32 Å². The van der Waals surface area contributed by atoms with Crippen molar-refractivity contribution in [2.24, 2.45) is 0 Å². The topological polar surface area (TPSA) is 86.8 Å². The second kappa shape index (κ2) is 12.4. The quantitative estimate of drug-likeness (QED) is 0.473. The molecule has 0 heterocycles. The largest absolute Gasteiger partial charge is 0.352 e. The summed E-state index contributed by atoms with van der Waals surface area (Å²) in [4.78, 5) is 28.3. The van der Waals surface area contributed by atoms with E-state index < -0.39 is 28.5 Å². The van der Waals surface area contributed by atoms with Gasteiger partial charge in [0, 0.05) is 17.6 Å². The molecule has 2 rings (SSSR count). The van der Waals surface area contributed by atoms with E-state index in [9.17, 15) is 18.0 Å². The van der Waals surface area contributed by atoms with Crippen LogP contribution in [0.1, 0.15) is 50.3 Å². The lowest BCUT2D eigenvalue weighted by molar-refractivity contribution is -0.140. The summed E-state index contributed by atoms with van der Waals surface area (Å²) in [5.41, 5.74) is 2.98. The predicted octanol–water partition coefficient (Wildman–Crippen LogP) is 4.44. The monoisotopic (exact) mass is 521 g/mol. The fraction of sp³-hybridized carbons (Fsp3) is 0.462. The molecule has 35 heavy (non-hydrogen) atoms. The molecule has 9 heteroatoms. The van der Waals surface area contributed by atoms with Gasteiger partial charge in [-0.3, -0.25) is 13.9 Å². The van der Waals surface area contributed by atoms with E-state index in [1.807, 2.05) is 58.9 Å². The Morgan fingerprint density at radius 2 is 1.74 bits per heavy atom. The second-order valence-corrected chi connectivity index (χ2v) is 11.3. The summed E-state index contributed by atoms with van der Waals surface area (Å²) in [5.74, 6) is -0.730. The SMILES string of the molecule is CC[C@@H](C)NC(=O)[C@H](CC)N(Cc1cccc(C)c1)C(=O)CN(c1ccc(C)c(Cl)c1)S(C)(=O)=O. The average Bonchev–Trinajstić information content (AvgIpc) is 2.78. The van der Waals surface area contributed by atoms with Crippen LogP contribution in [-0.2, 0) is 26.2 Å². The minimum absolute atomic E-state index is 0.0466. The smallest absolute Gasteiger partial charge is 0.244 e. The van der Waals surface area contributed by atoms with Gasteiger partial charge in [0.1, 0.15) is 12.6 Å². The molecule has 0 fully saturated rings. The van der Waals surface area contributed by atoms with Crippen molar-refractivity contribution in [2.45, 2.75) is 66.1 Å². The first-order valence-electron chi connectivity index (χ1n) is 11.8. The Labute approximate surface area is 214 Å². The number of anilines is 1. The first-order chi connectivity index (χ1) is 16.4. The molecular weight excluding hydrogens is 486 g/mol. The lowest BCUT2D eigenvalue weighted by atomic mass is 10.1. The van der Waals surface area contributed by atoms with Gasteiger partial charge in [-0.1, -0.05) is 61.3 Å². The molecule has 0 saturated carbocycles. The standard InChI is InChI=1S/C26H36ClN3O4S/c1-7-20(5)28-26(32)24(8-2)29(16-21-11-9-10-18(3)14-21)25(31)17-30(35(6,33)34)22-13-12-19(4)23(27)15-22/h9-15,20,24H,7-8,16-17H2,1-6H3,(H,28,32)/t20-,24+/m1/s1. The molecule has 2 atom stereocenters. The van der Waals surface area contributed by atoms with Crippen LogP contribution in [0.3, 0.4) is 0 Å². The molecule has 0 bridgehead atoms. The Balaban J connectivity index is 2.46. The Bertz CT molecular complexity index is 1150. The van der Waals surface area contributed by atoms with Gasteiger partial charge in [0.05, 0.1) is 11.9 Å². The maximum atomic E-state index is 13.7. The Kier molecular flexibility index (Phi) is 10.2. The van der Waals surface area contributed by atoms with Gasteiger partial charge in [-0.25, -0.2) is 8.42 Å². The van der Waals surface area contributed by atoms with Crippen LogP contribution in [0.5, 0.6) is 0 Å². The van der Waals surface area contributed by atoms with Crippen molar-refractivity contribution in [3.63, 3.8) is 0 Å². The lowest BCUT2D eigenvalue weighted by Gasteiger charge is -2.33. The molecular formula is C26H36ClN3O4S. The molecule has 2 aromatic carbocycles. The molecule has 0 radical (unpaired) electrons. The molecule has 7 nitrogen and oxygen atoms in total. The normalized spacial score (nSPS) is 13.1. The van der Waals surface area contributed by atoms with Crippen molar-refractivity contribution >= 4 is 39.1 Å². The van der Waals surface area contributed by atoms with E-state index in [1.54, 1.807) is 12.1 Å². The molecule has 0 aliphatic carbocycles. The van der Waals surface area contributed by atoms with Crippen LogP contribution in [-0.4, -0.2) is 50.0 Å². The maximum absolute atomic E-state index is 13.7. The van der Waals surface area contributed by atoms with Crippen molar-refractivity contribution in [1.82, 2.24) is 10.2 Å². The van der Waals surface area contributed by atoms with Crippen LogP contribution in [0.25, 0.3) is 0 Å². The van der Waals surface area contributed by atoms with E-state index in [0.29, 0.717) is 17.1 Å². The zero-order valence-corrected chi connectivity index (χ0v) is 22.9. The highest BCUT2D eigenvalue weighted by Gasteiger charge is 2.32. The van der Waals surface area contributed by atoms with Gasteiger partial charge >= 0.3 is 0 Å². The fourth-order valence-electron chi connectivity index (χ4n) is 3.72. The van der Waals surface area contributed by atoms with Crippen LogP contribution >= 0.6 is 11.6 Å². The van der Waals surface area contributed by atoms with Crippen LogP contribution in [0.15, 0.2) is 42.5 Å². The van der Waals surface area contributed by atoms with Gasteiger partial charge in [0.25, 0.3) is 0 Å². The number of hydrogen-bond acceptors (Lipinski definition) is 4. The van der Waals surface area contributed by atoms with E-state index in [0.717, 1.165) is 33.7 Å². The first-order valence-corrected chi connectivity index (χ1v) is 14.0. The van der Waals surface area contributed by atoms with Crippen LogP contribution in [0, 0.1) is 13.8 Å². The number of aryl methyl sites for hydroxylation is 2. The van der Waals surface area contributed by atoms with E-state index >= 15 is 0 Å². The van der Waals surface area contributed by atoms with Crippen molar-refractivity contribution in [3.05, 3.63) is 64.2 Å². The third-order valence-corrected chi connectivity index (χ3v) is 7.49. The molecule has 0 spiro atoms. The fourth-order valence-corrected chi connectivity index (χ4v) is 4.73. The second-order valence-electron chi connectivity index (χ2n) is 8.96. The number of carbonyl (C=O) groups excluding carboxylic acids is 2. The third-order valence-electron chi connectivity index (χ3n) is 5.94. The van der Waals surface area contributed by atoms with Crippen molar-refractivity contribution in [2.75, 3.05) is 17.1 Å². The number of rotatable bonds is 11. The zero-order valence-electron chi connectivity index (χ0n) is 21.3. The third kappa shape index (κ3) is 7.97. The Morgan fingerprint density at radius 1 is 1.06 bits per heavy atom. The number of sulfonamides is 1. The summed E-state index contributed by atoms with van der Waals surface area (Å²) in [6.45, 7) is 9.21. The number of carbonyl (C=O) groups is 2. The Hall–Kier alpha value is -2.58. The molecule has 192 valence electrons. The summed E-state index contributed by atoms with van der Waals surface area (Å²) in [7, 11) is -3.80. The molecule has 2 aromatic rings. The van der Waals surface area contributed by atoms with Crippen LogP contribution in [0.4, 0.5) is 5.69 Å². The molecule has 1 N–H and O–H groups in total. The Morgan fingerprint density at radius 3 is 2.29 bits per heavy atom. The van der Waals surface area contributed by atoms with E-state index in [-0.39, 0.29) is 18.5 Å². The minimum Gasteiger partial charge on any atom is -0.352 e. The van der Waals surface area contributed by atoms with Gasteiger partial charge < -0.3 is 10.2 Å². The average molecular weight is 522 g/mol. The number of halogens is 1. The zero-order chi connectivity index (χ0) is 26.3. The van der Waals surface area contributed by atoms with Gasteiger partial charge in [-0.2, -0.15) is 0 Å². The number of nitrogens with zero attached hydrogens (tertiary/aromatic N) is 2. The number of nitrogens with one attached hydrogen (secondary N) is 1. The lowest BCUT2D eigenvalue weighted by Crippen LogP contribution is -2.53. The summed E-state index contributed by atoms with van der Waals surface area (Å²) >= 11 is 6.24. The van der Waals surface area contributed by atoms with Crippen molar-refractivity contribution in [3.8, 4) is 0 Å². The van der Waals surface area contributed by atoms with E-state index in [1.165, 1.54) is 11.0 Å². The first kappa shape index (κ1) is 28.7. The minimum atomic E-state index is -3.80.